The van der Waals surface area contributed by atoms with Crippen molar-refractivity contribution in [1.82, 2.24) is 0 Å². The Kier molecular flexibility index (Phi) is 9.37. The van der Waals surface area contributed by atoms with E-state index in [9.17, 15) is 4.79 Å². The van der Waals surface area contributed by atoms with Crippen molar-refractivity contribution in [2.24, 2.45) is 0 Å². The Balaban J connectivity index is 2.19. The number of hydrogen-bond donors (Lipinski definition) is 1. The molecule has 4 nitrogen and oxygen atoms in total. The molecule has 0 aliphatic rings. The summed E-state index contributed by atoms with van der Waals surface area (Å²) in [4.78, 5) is 13.6. The molecule has 0 saturated carbocycles. The molecule has 0 aromatic heterocycles. The third-order valence-electron chi connectivity index (χ3n) is 5.19. The molecule has 7 heteroatoms. The van der Waals surface area contributed by atoms with Gasteiger partial charge < -0.3 is 14.8 Å². The lowest BCUT2D eigenvalue weighted by Gasteiger charge is -2.36. The summed E-state index contributed by atoms with van der Waals surface area (Å²) in [6.45, 7) is 6.59. The minimum Gasteiger partial charge on any atom is -0.466 e. The summed E-state index contributed by atoms with van der Waals surface area (Å²) in [5.74, 6) is 2.73. The van der Waals surface area contributed by atoms with Gasteiger partial charge in [-0.2, -0.15) is 0 Å². The molecule has 2 atom stereocenters. The molecule has 0 heterocycles. The molecule has 0 amide bonds. The highest BCUT2D eigenvalue weighted by Gasteiger charge is 2.49. The van der Waals surface area contributed by atoms with Crippen LogP contribution in [0.1, 0.15) is 17.2 Å². The zero-order valence-corrected chi connectivity index (χ0v) is 24.4. The van der Waals surface area contributed by atoms with Crippen LogP contribution in [0.2, 0.25) is 19.6 Å². The number of methoxy groups -OCH3 is 1. The van der Waals surface area contributed by atoms with Crippen LogP contribution in [0.5, 0.6) is 0 Å². The Bertz CT molecular complexity index is 1180. The summed E-state index contributed by atoms with van der Waals surface area (Å²) in [6, 6.07) is 24.7. The summed E-state index contributed by atoms with van der Waals surface area (Å²) < 4.78 is 13.8. The number of anilines is 1. The van der Waals surface area contributed by atoms with Gasteiger partial charge in [-0.3, -0.25) is 0 Å². The minimum atomic E-state index is -1.88. The monoisotopic (exact) mass is 613 g/mol. The second kappa shape index (κ2) is 12.0. The Hall–Kier alpha value is -2.37. The number of para-hydroxylation sites is 1. The van der Waals surface area contributed by atoms with Crippen molar-refractivity contribution in [3.05, 3.63) is 98.9 Å². The van der Waals surface area contributed by atoms with Crippen molar-refractivity contribution in [3.8, 4) is 11.5 Å². The Morgan fingerprint density at radius 3 is 2.06 bits per heavy atom. The van der Waals surface area contributed by atoms with E-state index in [1.807, 2.05) is 78.9 Å². The molecule has 0 spiro atoms. The van der Waals surface area contributed by atoms with Crippen LogP contribution in [-0.4, -0.2) is 26.8 Å². The summed E-state index contributed by atoms with van der Waals surface area (Å²) in [5, 5.41) is 3.52. The molecule has 3 rings (SSSR count). The number of carbonyl (C=O) groups excluding carboxylic acids is 1. The summed E-state index contributed by atoms with van der Waals surface area (Å²) >= 11 is 6.98. The number of hydrogen-bond acceptors (Lipinski definition) is 4. The van der Waals surface area contributed by atoms with Crippen molar-refractivity contribution >= 4 is 51.6 Å². The van der Waals surface area contributed by atoms with Gasteiger partial charge in [0.2, 0.25) is 0 Å². The highest BCUT2D eigenvalue weighted by Crippen LogP contribution is 2.36. The fourth-order valence-electron chi connectivity index (χ4n) is 3.41. The van der Waals surface area contributed by atoms with Gasteiger partial charge in [0.25, 0.3) is 5.60 Å². The fourth-order valence-corrected chi connectivity index (χ4v) is 4.49. The SMILES string of the molecule is COC(=O)[C@@](C#C[Si](C)(C)C)(OCc1ccc(Br)cc1)[C@@H](Nc1ccccc1)c1ccc(Br)cc1. The van der Waals surface area contributed by atoms with Crippen LogP contribution >= 0.6 is 31.9 Å². The van der Waals surface area contributed by atoms with E-state index < -0.39 is 25.7 Å². The lowest BCUT2D eigenvalue weighted by atomic mass is 9.88. The van der Waals surface area contributed by atoms with E-state index in [1.165, 1.54) is 7.11 Å². The molecule has 0 radical (unpaired) electrons. The molecule has 0 unspecified atom stereocenters. The quantitative estimate of drug-likeness (QED) is 0.163. The third-order valence-corrected chi connectivity index (χ3v) is 7.12. The maximum atomic E-state index is 13.6. The van der Waals surface area contributed by atoms with Crippen molar-refractivity contribution < 1.29 is 14.3 Å². The first kappa shape index (κ1) is 27.2. The van der Waals surface area contributed by atoms with Crippen LogP contribution in [0.15, 0.2) is 87.8 Å². The predicted molar refractivity (Wildman–Crippen MR) is 152 cm³/mol. The molecule has 3 aromatic carbocycles. The summed E-state index contributed by atoms with van der Waals surface area (Å²) in [7, 11) is -0.507. The highest BCUT2D eigenvalue weighted by molar-refractivity contribution is 9.10. The average molecular weight is 615 g/mol. The number of esters is 1. The Labute approximate surface area is 225 Å². The minimum absolute atomic E-state index is 0.187. The molecule has 0 fully saturated rings. The zero-order chi connectivity index (χ0) is 25.5. The van der Waals surface area contributed by atoms with E-state index >= 15 is 0 Å². The smallest absolute Gasteiger partial charge is 0.353 e. The molecule has 0 aliphatic heterocycles. The number of halogens is 2. The van der Waals surface area contributed by atoms with Crippen molar-refractivity contribution in [2.45, 2.75) is 37.9 Å². The van der Waals surface area contributed by atoms with E-state index in [4.69, 9.17) is 9.47 Å². The molecule has 0 bridgehead atoms. The van der Waals surface area contributed by atoms with Crippen LogP contribution in [0.4, 0.5) is 5.69 Å². The Morgan fingerprint density at radius 2 is 1.51 bits per heavy atom. The number of rotatable bonds is 8. The molecule has 3 aromatic rings. The zero-order valence-electron chi connectivity index (χ0n) is 20.3. The average Bonchev–Trinajstić information content (AvgIpc) is 2.84. The fraction of sp³-hybridized carbons (Fsp3) is 0.250. The molecule has 182 valence electrons. The second-order valence-corrected chi connectivity index (χ2v) is 15.7. The highest BCUT2D eigenvalue weighted by atomic mass is 79.9. The Morgan fingerprint density at radius 1 is 0.943 bits per heavy atom. The third kappa shape index (κ3) is 7.55. The normalized spacial score (nSPS) is 13.7. The van der Waals surface area contributed by atoms with Gasteiger partial charge in [-0.1, -0.05) is 99.9 Å². The number of nitrogens with one attached hydrogen (secondary N) is 1. The number of carbonyl (C=O) groups is 1. The van der Waals surface area contributed by atoms with Gasteiger partial charge in [0.05, 0.1) is 13.7 Å². The van der Waals surface area contributed by atoms with Gasteiger partial charge in [-0.05, 0) is 47.5 Å². The second-order valence-electron chi connectivity index (χ2n) is 9.14. The predicted octanol–water partition coefficient (Wildman–Crippen LogP) is 7.37. The molecular formula is C28H29Br2NO3Si. The van der Waals surface area contributed by atoms with Crippen molar-refractivity contribution in [1.29, 1.82) is 0 Å². The van der Waals surface area contributed by atoms with Gasteiger partial charge in [0.1, 0.15) is 14.1 Å². The van der Waals surface area contributed by atoms with Crippen LogP contribution in [-0.2, 0) is 20.9 Å². The molecule has 0 saturated heterocycles. The first-order valence-electron chi connectivity index (χ1n) is 11.2. The maximum Gasteiger partial charge on any atom is 0.353 e. The standard InChI is InChI=1S/C28H29Br2NO3Si/c1-33-27(32)28(18-19-35(2,3)4,34-20-21-10-14-23(29)15-11-21)26(22-12-16-24(30)17-13-22)31-25-8-6-5-7-9-25/h5-17,26,31H,20H2,1-4H3/t26-,28-/m0/s1. The van der Waals surface area contributed by atoms with Crippen LogP contribution < -0.4 is 5.32 Å². The van der Waals surface area contributed by atoms with Crippen LogP contribution in [0.3, 0.4) is 0 Å². The van der Waals surface area contributed by atoms with Gasteiger partial charge >= 0.3 is 5.97 Å². The lowest BCUT2D eigenvalue weighted by Crippen LogP contribution is -2.50. The largest absolute Gasteiger partial charge is 0.466 e. The van der Waals surface area contributed by atoms with E-state index in [0.29, 0.717) is 0 Å². The van der Waals surface area contributed by atoms with E-state index in [0.717, 1.165) is 25.8 Å². The van der Waals surface area contributed by atoms with Crippen LogP contribution in [0.25, 0.3) is 0 Å². The summed E-state index contributed by atoms with van der Waals surface area (Å²) in [6.07, 6.45) is 0. The summed E-state index contributed by atoms with van der Waals surface area (Å²) in [5.41, 5.74) is 4.40. The molecule has 0 aliphatic carbocycles. The van der Waals surface area contributed by atoms with Crippen molar-refractivity contribution in [3.63, 3.8) is 0 Å². The topological polar surface area (TPSA) is 47.6 Å². The molecular weight excluding hydrogens is 586 g/mol. The van der Waals surface area contributed by atoms with Gasteiger partial charge in [-0.15, -0.1) is 5.54 Å². The van der Waals surface area contributed by atoms with E-state index in [2.05, 4.69) is 68.3 Å². The van der Waals surface area contributed by atoms with Gasteiger partial charge in [0.15, 0.2) is 0 Å². The first-order chi connectivity index (χ1) is 16.6. The van der Waals surface area contributed by atoms with E-state index in [1.54, 1.807) is 0 Å². The van der Waals surface area contributed by atoms with E-state index in [-0.39, 0.29) is 6.61 Å². The number of benzene rings is 3. The molecule has 35 heavy (non-hydrogen) atoms. The maximum absolute atomic E-state index is 13.6. The molecule has 1 N–H and O–H groups in total. The lowest BCUT2D eigenvalue weighted by molar-refractivity contribution is -0.165. The van der Waals surface area contributed by atoms with Crippen LogP contribution in [0, 0.1) is 11.5 Å². The van der Waals surface area contributed by atoms with Gasteiger partial charge in [0, 0.05) is 14.6 Å². The van der Waals surface area contributed by atoms with Crippen molar-refractivity contribution in [2.75, 3.05) is 12.4 Å². The van der Waals surface area contributed by atoms with Gasteiger partial charge in [-0.25, -0.2) is 4.79 Å². The number of ether oxygens (including phenoxy) is 2. The first-order valence-corrected chi connectivity index (χ1v) is 16.3.